The first kappa shape index (κ1) is 20.0. The van der Waals surface area contributed by atoms with E-state index in [-0.39, 0.29) is 30.0 Å². The zero-order chi connectivity index (χ0) is 21.6. The summed E-state index contributed by atoms with van der Waals surface area (Å²) in [5, 5.41) is 10.1. The van der Waals surface area contributed by atoms with E-state index >= 15 is 0 Å². The van der Waals surface area contributed by atoms with Crippen LogP contribution in [0.2, 0.25) is 0 Å². The van der Waals surface area contributed by atoms with Crippen molar-refractivity contribution in [2.45, 2.75) is 25.9 Å². The van der Waals surface area contributed by atoms with Crippen LogP contribution < -0.4 is 5.32 Å². The number of furan rings is 1. The standard InChI is InChI=1S/C21H20N4O4S2/c1-13-19-16(21(26)22-11-15-4-2-7-29-15)10-17(18-5-3-8-30-18)23-20(19)25(24-13)14-6-9-31(27,28)12-14/h2-5,7-8,10,14H,6,9,11-12H2,1H3,(H,22,26)/t14-/m0/s1. The Labute approximate surface area is 182 Å². The molecule has 1 saturated heterocycles. The summed E-state index contributed by atoms with van der Waals surface area (Å²) in [6.07, 6.45) is 2.05. The van der Waals surface area contributed by atoms with Crippen LogP contribution in [0.1, 0.15) is 34.3 Å². The third-order valence-corrected chi connectivity index (χ3v) is 8.06. The van der Waals surface area contributed by atoms with Gasteiger partial charge in [0, 0.05) is 0 Å². The van der Waals surface area contributed by atoms with Gasteiger partial charge in [0.15, 0.2) is 15.5 Å². The van der Waals surface area contributed by atoms with Crippen molar-refractivity contribution in [1.82, 2.24) is 20.1 Å². The molecule has 160 valence electrons. The van der Waals surface area contributed by atoms with Crippen LogP contribution in [0.25, 0.3) is 21.6 Å². The van der Waals surface area contributed by atoms with Gasteiger partial charge in [-0.2, -0.15) is 5.10 Å². The van der Waals surface area contributed by atoms with Crippen LogP contribution in [0.4, 0.5) is 0 Å². The minimum absolute atomic E-state index is 0.0359. The molecule has 1 aliphatic heterocycles. The molecule has 1 N–H and O–H groups in total. The largest absolute Gasteiger partial charge is 0.467 e. The van der Waals surface area contributed by atoms with Gasteiger partial charge in [0.05, 0.1) is 57.6 Å². The second-order valence-corrected chi connectivity index (χ2v) is 10.8. The maximum atomic E-state index is 13.2. The van der Waals surface area contributed by atoms with Crippen LogP contribution >= 0.6 is 11.3 Å². The van der Waals surface area contributed by atoms with Gasteiger partial charge >= 0.3 is 0 Å². The number of fused-ring (bicyclic) bond motifs is 1. The van der Waals surface area contributed by atoms with Gasteiger partial charge in [-0.15, -0.1) is 11.3 Å². The summed E-state index contributed by atoms with van der Waals surface area (Å²) < 4.78 is 31.1. The molecule has 0 saturated carbocycles. The average Bonchev–Trinajstić information content (AvgIpc) is 3.53. The van der Waals surface area contributed by atoms with Crippen LogP contribution in [-0.4, -0.2) is 40.6 Å². The third kappa shape index (κ3) is 3.77. The summed E-state index contributed by atoms with van der Waals surface area (Å²) in [7, 11) is -3.09. The lowest BCUT2D eigenvalue weighted by Crippen LogP contribution is -2.23. The molecule has 31 heavy (non-hydrogen) atoms. The summed E-state index contributed by atoms with van der Waals surface area (Å²) in [6.45, 7) is 2.08. The molecule has 1 amide bonds. The highest BCUT2D eigenvalue weighted by Gasteiger charge is 2.32. The zero-order valence-electron chi connectivity index (χ0n) is 16.7. The second kappa shape index (κ2) is 7.61. The van der Waals surface area contributed by atoms with E-state index in [1.807, 2.05) is 24.4 Å². The smallest absolute Gasteiger partial charge is 0.252 e. The van der Waals surface area contributed by atoms with E-state index in [4.69, 9.17) is 9.40 Å². The number of carbonyl (C=O) groups excluding carboxylic acids is 1. The molecule has 4 aromatic heterocycles. The van der Waals surface area contributed by atoms with Crippen molar-refractivity contribution in [2.75, 3.05) is 11.5 Å². The summed E-state index contributed by atoms with van der Waals surface area (Å²) in [5.41, 5.74) is 2.30. The number of hydrogen-bond acceptors (Lipinski definition) is 7. The normalized spacial score (nSPS) is 17.9. The molecule has 0 aliphatic carbocycles. The van der Waals surface area contributed by atoms with Crippen molar-refractivity contribution in [1.29, 1.82) is 0 Å². The average molecular weight is 457 g/mol. The number of aromatic nitrogens is 3. The number of nitrogens with one attached hydrogen (secondary N) is 1. The van der Waals surface area contributed by atoms with E-state index in [0.717, 1.165) is 4.88 Å². The molecule has 0 spiro atoms. The van der Waals surface area contributed by atoms with Crippen molar-refractivity contribution in [3.05, 3.63) is 59.0 Å². The van der Waals surface area contributed by atoms with Crippen molar-refractivity contribution in [2.24, 2.45) is 0 Å². The molecule has 1 aliphatic rings. The van der Waals surface area contributed by atoms with E-state index < -0.39 is 9.84 Å². The van der Waals surface area contributed by atoms with Crippen LogP contribution in [0.5, 0.6) is 0 Å². The Morgan fingerprint density at radius 3 is 2.90 bits per heavy atom. The topological polar surface area (TPSA) is 107 Å². The van der Waals surface area contributed by atoms with Crippen LogP contribution in [0, 0.1) is 6.92 Å². The van der Waals surface area contributed by atoms with Crippen LogP contribution in [0.3, 0.4) is 0 Å². The zero-order valence-corrected chi connectivity index (χ0v) is 18.4. The molecule has 0 aromatic carbocycles. The van der Waals surface area contributed by atoms with Crippen molar-refractivity contribution >= 4 is 38.1 Å². The Kier molecular flexibility index (Phi) is 4.90. The number of pyridine rings is 1. The van der Waals surface area contributed by atoms with Gasteiger partial charge in [-0.3, -0.25) is 4.79 Å². The molecule has 5 rings (SSSR count). The first-order valence-electron chi connectivity index (χ1n) is 9.86. The number of thiophene rings is 1. The number of rotatable bonds is 5. The summed E-state index contributed by atoms with van der Waals surface area (Å²) in [4.78, 5) is 18.9. The molecule has 4 aromatic rings. The molecular formula is C21H20N4O4S2. The number of nitrogens with zero attached hydrogens (tertiary/aromatic N) is 3. The lowest BCUT2D eigenvalue weighted by atomic mass is 10.1. The fraction of sp³-hybridized carbons (Fsp3) is 0.286. The van der Waals surface area contributed by atoms with Gasteiger partial charge < -0.3 is 9.73 Å². The van der Waals surface area contributed by atoms with E-state index in [0.29, 0.717) is 40.2 Å². The minimum atomic E-state index is -3.09. The van der Waals surface area contributed by atoms with E-state index in [1.54, 1.807) is 29.1 Å². The van der Waals surface area contributed by atoms with Crippen LogP contribution in [-0.2, 0) is 16.4 Å². The predicted octanol–water partition coefficient (Wildman–Crippen LogP) is 3.35. The molecule has 5 heterocycles. The Morgan fingerprint density at radius 2 is 2.23 bits per heavy atom. The molecule has 8 nitrogen and oxygen atoms in total. The quantitative estimate of drug-likeness (QED) is 0.494. The van der Waals surface area contributed by atoms with Gasteiger partial charge in [0.2, 0.25) is 0 Å². The monoisotopic (exact) mass is 456 g/mol. The van der Waals surface area contributed by atoms with Crippen LogP contribution in [0.15, 0.2) is 46.4 Å². The number of carbonyl (C=O) groups is 1. The van der Waals surface area contributed by atoms with Gasteiger partial charge in [-0.25, -0.2) is 18.1 Å². The number of amides is 1. The highest BCUT2D eigenvalue weighted by Crippen LogP contribution is 2.33. The Balaban J connectivity index is 1.62. The fourth-order valence-electron chi connectivity index (χ4n) is 3.94. The maximum absolute atomic E-state index is 13.2. The first-order chi connectivity index (χ1) is 14.9. The molecular weight excluding hydrogens is 436 g/mol. The van der Waals surface area contributed by atoms with Crippen molar-refractivity contribution in [3.63, 3.8) is 0 Å². The Morgan fingerprint density at radius 1 is 1.35 bits per heavy atom. The summed E-state index contributed by atoms with van der Waals surface area (Å²) in [6, 6.07) is 8.92. The maximum Gasteiger partial charge on any atom is 0.252 e. The molecule has 1 atom stereocenters. The molecule has 10 heteroatoms. The number of aryl methyl sites for hydroxylation is 1. The second-order valence-electron chi connectivity index (χ2n) is 7.58. The molecule has 0 radical (unpaired) electrons. The highest BCUT2D eigenvalue weighted by molar-refractivity contribution is 7.91. The van der Waals surface area contributed by atoms with Gasteiger partial charge in [-0.05, 0) is 43.0 Å². The highest BCUT2D eigenvalue weighted by atomic mass is 32.2. The van der Waals surface area contributed by atoms with Gasteiger partial charge in [0.25, 0.3) is 5.91 Å². The summed E-state index contributed by atoms with van der Waals surface area (Å²) in [5.74, 6) is 0.567. The minimum Gasteiger partial charge on any atom is -0.467 e. The number of sulfone groups is 1. The van der Waals surface area contributed by atoms with Crippen molar-refractivity contribution in [3.8, 4) is 10.6 Å². The van der Waals surface area contributed by atoms with Gasteiger partial charge in [-0.1, -0.05) is 6.07 Å². The Hall–Kier alpha value is -2.98. The van der Waals surface area contributed by atoms with E-state index in [1.165, 1.54) is 11.3 Å². The third-order valence-electron chi connectivity index (χ3n) is 5.41. The van der Waals surface area contributed by atoms with E-state index in [2.05, 4.69) is 10.4 Å². The first-order valence-corrected chi connectivity index (χ1v) is 12.6. The number of hydrogen-bond donors (Lipinski definition) is 1. The lowest BCUT2D eigenvalue weighted by molar-refractivity contribution is 0.0949. The van der Waals surface area contributed by atoms with Crippen molar-refractivity contribution < 1.29 is 17.6 Å². The fourth-order valence-corrected chi connectivity index (χ4v) is 6.32. The molecule has 0 unspecified atom stereocenters. The summed E-state index contributed by atoms with van der Waals surface area (Å²) >= 11 is 1.53. The molecule has 1 fully saturated rings. The SMILES string of the molecule is Cc1nn([C@H]2CCS(=O)(=O)C2)c2nc(-c3cccs3)cc(C(=O)NCc3ccco3)c12. The van der Waals surface area contributed by atoms with Gasteiger partial charge in [0.1, 0.15) is 5.76 Å². The van der Waals surface area contributed by atoms with E-state index in [9.17, 15) is 13.2 Å². The lowest BCUT2D eigenvalue weighted by Gasteiger charge is -2.11. The predicted molar refractivity (Wildman–Crippen MR) is 118 cm³/mol. The molecule has 0 bridgehead atoms. The Bertz CT molecular complexity index is 1360.